The third kappa shape index (κ3) is 5.00. The van der Waals surface area contributed by atoms with Crippen molar-refractivity contribution in [1.29, 1.82) is 0 Å². The van der Waals surface area contributed by atoms with Crippen LogP contribution in [0.1, 0.15) is 44.6 Å². The van der Waals surface area contributed by atoms with Gasteiger partial charge in [0.15, 0.2) is 34.9 Å². The van der Waals surface area contributed by atoms with Gasteiger partial charge in [-0.3, -0.25) is 4.79 Å². The van der Waals surface area contributed by atoms with Crippen molar-refractivity contribution >= 4 is 11.8 Å². The average Bonchev–Trinajstić information content (AvgIpc) is 3.54. The summed E-state index contributed by atoms with van der Waals surface area (Å²) in [7, 11) is 0. The van der Waals surface area contributed by atoms with Crippen LogP contribution < -0.4 is 14.2 Å². The summed E-state index contributed by atoms with van der Waals surface area (Å²) in [5, 5.41) is 116. The average molecular weight is 733 g/mol. The van der Waals surface area contributed by atoms with Crippen molar-refractivity contribution in [3.8, 4) is 69.0 Å². The second-order valence-corrected chi connectivity index (χ2v) is 13.1. The minimum Gasteiger partial charge on any atom is -0.508 e. The monoisotopic (exact) mass is 732 g/mol. The number of phenolic OH excluding ortho intramolecular Hbond substituents is 9. The van der Waals surface area contributed by atoms with Crippen LogP contribution in [0.15, 0.2) is 54.1 Å². The van der Waals surface area contributed by atoms with Crippen LogP contribution in [-0.4, -0.2) is 92.0 Å². The van der Waals surface area contributed by atoms with Gasteiger partial charge >= 0.3 is 5.97 Å². The van der Waals surface area contributed by atoms with E-state index in [9.17, 15) is 65.8 Å². The normalized spacial score (nSPS) is 25.1. The molecule has 3 heterocycles. The Morgan fingerprint density at radius 1 is 0.717 bits per heavy atom. The summed E-state index contributed by atoms with van der Waals surface area (Å²) in [6.45, 7) is 0. The fraction of sp³-hybridized carbons (Fsp3) is 0.222. The molecule has 0 aromatic heterocycles. The van der Waals surface area contributed by atoms with Crippen LogP contribution in [-0.2, 0) is 22.4 Å². The van der Waals surface area contributed by atoms with Crippen molar-refractivity contribution in [2.45, 2.75) is 49.0 Å². The van der Waals surface area contributed by atoms with Gasteiger partial charge in [-0.1, -0.05) is 0 Å². The molecule has 0 saturated carbocycles. The van der Waals surface area contributed by atoms with E-state index in [1.807, 2.05) is 0 Å². The molecule has 6 unspecified atom stereocenters. The quantitative estimate of drug-likeness (QED) is 0.106. The zero-order chi connectivity index (χ0) is 37.8. The zero-order valence-electron chi connectivity index (χ0n) is 26.8. The van der Waals surface area contributed by atoms with Gasteiger partial charge in [-0.15, -0.1) is 0 Å². The molecule has 0 bridgehead atoms. The standard InChI is InChI=1S/C36H28O17/c37-12-3-18(39)14-7-23(44)32(50-24(14)5-12)17-10-27(45)36(49)29(17)28-16(8-22(43)31(47)34(28)53-36)33-26(9-15-19(40)4-13(38)6-25(15)51-33)52-35(48)11-1-20(41)30(46)21(42)2-11/h1-6,8,10,23,26,29,32-33,37-44,46-47,49H,7,9H2. The fourth-order valence-corrected chi connectivity index (χ4v) is 7.38. The lowest BCUT2D eigenvalue weighted by atomic mass is 9.79. The Labute approximate surface area is 296 Å². The number of rotatable bonds is 4. The van der Waals surface area contributed by atoms with Crippen molar-refractivity contribution in [2.75, 3.05) is 0 Å². The lowest BCUT2D eigenvalue weighted by Gasteiger charge is -2.36. The predicted octanol–water partition coefficient (Wildman–Crippen LogP) is 1.98. The number of carbonyl (C=O) groups excluding carboxylic acids is 2. The van der Waals surface area contributed by atoms with Gasteiger partial charge < -0.3 is 75.1 Å². The number of aliphatic hydroxyl groups is 2. The third-order valence-electron chi connectivity index (χ3n) is 9.78. The summed E-state index contributed by atoms with van der Waals surface area (Å²) in [4.78, 5) is 27.0. The van der Waals surface area contributed by atoms with E-state index in [-0.39, 0.29) is 63.7 Å². The highest BCUT2D eigenvalue weighted by atomic mass is 16.6. The lowest BCUT2D eigenvalue weighted by molar-refractivity contribution is -0.163. The number of aromatic hydroxyl groups is 9. The fourth-order valence-electron chi connectivity index (χ4n) is 7.38. The molecule has 1 aliphatic carbocycles. The van der Waals surface area contributed by atoms with E-state index < -0.39 is 99.4 Å². The Hall–Kier alpha value is -6.72. The highest BCUT2D eigenvalue weighted by molar-refractivity contribution is 6.03. The summed E-state index contributed by atoms with van der Waals surface area (Å²) in [6.07, 6.45) is -5.50. The van der Waals surface area contributed by atoms with Crippen molar-refractivity contribution in [1.82, 2.24) is 0 Å². The molecule has 53 heavy (non-hydrogen) atoms. The van der Waals surface area contributed by atoms with Crippen molar-refractivity contribution in [2.24, 2.45) is 0 Å². The van der Waals surface area contributed by atoms with Crippen LogP contribution in [0, 0.1) is 0 Å². The summed E-state index contributed by atoms with van der Waals surface area (Å²) >= 11 is 0. The second kappa shape index (κ2) is 11.4. The van der Waals surface area contributed by atoms with Crippen LogP contribution >= 0.6 is 0 Å². The van der Waals surface area contributed by atoms with Gasteiger partial charge in [0.25, 0.3) is 5.79 Å². The molecule has 0 saturated heterocycles. The first-order valence-corrected chi connectivity index (χ1v) is 15.9. The molecule has 6 atom stereocenters. The molecular weight excluding hydrogens is 704 g/mol. The number of hydrogen-bond donors (Lipinski definition) is 11. The topological polar surface area (TPSA) is 294 Å². The number of benzene rings is 4. The van der Waals surface area contributed by atoms with Crippen LogP contribution in [0.2, 0.25) is 0 Å². The Bertz CT molecular complexity index is 2290. The van der Waals surface area contributed by atoms with Gasteiger partial charge in [0, 0.05) is 59.4 Å². The van der Waals surface area contributed by atoms with E-state index in [1.165, 1.54) is 6.07 Å². The van der Waals surface area contributed by atoms with E-state index in [2.05, 4.69) is 0 Å². The summed E-state index contributed by atoms with van der Waals surface area (Å²) in [6, 6.07) is 6.98. The number of carbonyl (C=O) groups is 2. The summed E-state index contributed by atoms with van der Waals surface area (Å²) < 4.78 is 23.6. The van der Waals surface area contributed by atoms with E-state index in [0.717, 1.165) is 42.5 Å². The van der Waals surface area contributed by atoms with Gasteiger partial charge in [-0.2, -0.15) is 0 Å². The van der Waals surface area contributed by atoms with E-state index in [1.54, 1.807) is 0 Å². The molecule has 17 nitrogen and oxygen atoms in total. The smallest absolute Gasteiger partial charge is 0.338 e. The first kappa shape index (κ1) is 33.4. The minimum absolute atomic E-state index is 0.0420. The first-order chi connectivity index (χ1) is 25.0. The maximum absolute atomic E-state index is 13.5. The number of hydrogen-bond acceptors (Lipinski definition) is 17. The summed E-state index contributed by atoms with van der Waals surface area (Å²) in [5.41, 5.74) is -0.640. The molecule has 274 valence electrons. The van der Waals surface area contributed by atoms with Gasteiger partial charge in [0.05, 0.1) is 17.6 Å². The Kier molecular flexibility index (Phi) is 7.18. The molecule has 4 aromatic carbocycles. The predicted molar refractivity (Wildman–Crippen MR) is 173 cm³/mol. The number of esters is 1. The van der Waals surface area contributed by atoms with Gasteiger partial charge in [-0.25, -0.2) is 4.79 Å². The van der Waals surface area contributed by atoms with Crippen LogP contribution in [0.5, 0.6) is 69.0 Å². The second-order valence-electron chi connectivity index (χ2n) is 13.1. The van der Waals surface area contributed by atoms with Crippen molar-refractivity contribution < 1.29 is 84.7 Å². The lowest BCUT2D eigenvalue weighted by Crippen LogP contribution is -2.45. The molecule has 4 aliphatic rings. The van der Waals surface area contributed by atoms with Crippen LogP contribution in [0.25, 0.3) is 0 Å². The molecule has 0 radical (unpaired) electrons. The highest BCUT2D eigenvalue weighted by Crippen LogP contribution is 2.61. The third-order valence-corrected chi connectivity index (χ3v) is 9.78. The van der Waals surface area contributed by atoms with Crippen molar-refractivity contribution in [3.05, 3.63) is 81.9 Å². The molecule has 3 aliphatic heterocycles. The SMILES string of the molecule is O=C(OC1Cc2c(O)cc(O)cc2OC1c1cc(O)c(O)c2c1C1C(C3Oc4cc(O)cc(O)c4CC3O)=CC(=O)C1(O)O2)c1cc(O)c(O)c(O)c1. The maximum atomic E-state index is 13.5. The largest absolute Gasteiger partial charge is 0.508 e. The summed E-state index contributed by atoms with van der Waals surface area (Å²) in [5.74, 6) is -13.3. The van der Waals surface area contributed by atoms with E-state index >= 15 is 0 Å². The van der Waals surface area contributed by atoms with Gasteiger partial charge in [-0.05, 0) is 29.8 Å². The minimum atomic E-state index is -2.78. The maximum Gasteiger partial charge on any atom is 0.338 e. The first-order valence-electron chi connectivity index (χ1n) is 15.9. The Balaban J connectivity index is 1.26. The number of ether oxygens (including phenoxy) is 4. The molecule has 0 amide bonds. The molecular formula is C36H28O17. The van der Waals surface area contributed by atoms with Crippen molar-refractivity contribution in [3.63, 3.8) is 0 Å². The Morgan fingerprint density at radius 2 is 1.28 bits per heavy atom. The molecule has 0 spiro atoms. The molecule has 17 heteroatoms. The number of ketones is 1. The van der Waals surface area contributed by atoms with E-state index in [0.29, 0.717) is 0 Å². The Morgan fingerprint density at radius 3 is 1.91 bits per heavy atom. The van der Waals surface area contributed by atoms with E-state index in [4.69, 9.17) is 18.9 Å². The number of fused-ring (bicyclic) bond motifs is 5. The molecule has 11 N–H and O–H groups in total. The number of aliphatic hydroxyl groups excluding tert-OH is 1. The molecule has 0 fully saturated rings. The van der Waals surface area contributed by atoms with Crippen LogP contribution in [0.3, 0.4) is 0 Å². The molecule has 8 rings (SSSR count). The number of phenols is 9. The van der Waals surface area contributed by atoms with Crippen LogP contribution in [0.4, 0.5) is 0 Å². The zero-order valence-corrected chi connectivity index (χ0v) is 26.8. The highest BCUT2D eigenvalue weighted by Gasteiger charge is 2.63. The van der Waals surface area contributed by atoms with Gasteiger partial charge in [0.1, 0.15) is 46.7 Å². The molecule has 4 aromatic rings. The van der Waals surface area contributed by atoms with Gasteiger partial charge in [0.2, 0.25) is 11.5 Å².